The summed E-state index contributed by atoms with van der Waals surface area (Å²) in [4.78, 5) is 0. The average molecular weight is 244 g/mol. The number of rotatable bonds is 7. The van der Waals surface area contributed by atoms with Crippen LogP contribution in [0.25, 0.3) is 0 Å². The van der Waals surface area contributed by atoms with Crippen molar-refractivity contribution in [3.63, 3.8) is 0 Å². The molecule has 0 saturated heterocycles. The van der Waals surface area contributed by atoms with Crippen molar-refractivity contribution in [2.24, 2.45) is 0 Å². The van der Waals surface area contributed by atoms with Crippen LogP contribution in [0.1, 0.15) is 39.2 Å². The molecule has 0 aliphatic heterocycles. The van der Waals surface area contributed by atoms with Crippen LogP contribution in [0.5, 0.6) is 0 Å². The third-order valence-electron chi connectivity index (χ3n) is 2.75. The van der Waals surface area contributed by atoms with Gasteiger partial charge < -0.3 is 4.74 Å². The van der Waals surface area contributed by atoms with Crippen molar-refractivity contribution in [1.82, 2.24) is 0 Å². The third-order valence-corrected chi connectivity index (χ3v) is 2.75. The van der Waals surface area contributed by atoms with Crippen LogP contribution in [-0.4, -0.2) is 6.61 Å². The molecule has 0 atom stereocenters. The van der Waals surface area contributed by atoms with Gasteiger partial charge in [-0.05, 0) is 39.2 Å². The lowest BCUT2D eigenvalue weighted by Crippen LogP contribution is -1.93. The van der Waals surface area contributed by atoms with Gasteiger partial charge in [0, 0.05) is 0 Å². The molecule has 1 aromatic rings. The molecule has 0 heterocycles. The molecule has 0 spiro atoms. The van der Waals surface area contributed by atoms with E-state index >= 15 is 0 Å². The molecule has 98 valence electrons. The Hall–Kier alpha value is -1.34. The third kappa shape index (κ3) is 7.08. The number of hydrogen-bond donors (Lipinski definition) is 0. The summed E-state index contributed by atoms with van der Waals surface area (Å²) in [6, 6.07) is 10.3. The van der Waals surface area contributed by atoms with Crippen LogP contribution in [0.2, 0.25) is 0 Å². The lowest BCUT2D eigenvalue weighted by atomic mass is 10.1. The molecule has 0 bridgehead atoms. The van der Waals surface area contributed by atoms with Gasteiger partial charge in [-0.25, -0.2) is 0 Å². The maximum atomic E-state index is 5.63. The molecule has 1 nitrogen and oxygen atoms in total. The van der Waals surface area contributed by atoms with Crippen molar-refractivity contribution < 1.29 is 4.74 Å². The van der Waals surface area contributed by atoms with Crippen molar-refractivity contribution in [3.8, 4) is 0 Å². The van der Waals surface area contributed by atoms with Gasteiger partial charge in [0.15, 0.2) is 0 Å². The predicted molar refractivity (Wildman–Crippen MR) is 78.5 cm³/mol. The molecular formula is C17H24O. The second-order valence-corrected chi connectivity index (χ2v) is 4.87. The Morgan fingerprint density at radius 2 is 1.78 bits per heavy atom. The van der Waals surface area contributed by atoms with E-state index in [0.29, 0.717) is 13.2 Å². The van der Waals surface area contributed by atoms with Gasteiger partial charge in [0.1, 0.15) is 0 Å². The van der Waals surface area contributed by atoms with Crippen molar-refractivity contribution in [2.75, 3.05) is 6.61 Å². The Kier molecular flexibility index (Phi) is 7.12. The van der Waals surface area contributed by atoms with E-state index in [2.05, 4.69) is 45.1 Å². The Morgan fingerprint density at radius 3 is 2.44 bits per heavy atom. The fourth-order valence-corrected chi connectivity index (χ4v) is 1.64. The molecule has 0 aliphatic carbocycles. The van der Waals surface area contributed by atoms with Crippen molar-refractivity contribution in [3.05, 3.63) is 59.2 Å². The predicted octanol–water partition coefficient (Wildman–Crippen LogP) is 4.90. The summed E-state index contributed by atoms with van der Waals surface area (Å²) < 4.78 is 5.63. The minimum absolute atomic E-state index is 0.693. The summed E-state index contributed by atoms with van der Waals surface area (Å²) in [6.45, 7) is 7.85. The highest BCUT2D eigenvalue weighted by Crippen LogP contribution is 2.07. The highest BCUT2D eigenvalue weighted by atomic mass is 16.5. The zero-order chi connectivity index (χ0) is 13.2. The molecule has 0 radical (unpaired) electrons. The van der Waals surface area contributed by atoms with Gasteiger partial charge in [0.2, 0.25) is 0 Å². The van der Waals surface area contributed by atoms with Crippen LogP contribution in [0.4, 0.5) is 0 Å². The van der Waals surface area contributed by atoms with E-state index in [4.69, 9.17) is 4.74 Å². The molecular weight excluding hydrogens is 220 g/mol. The molecule has 1 heteroatoms. The summed E-state index contributed by atoms with van der Waals surface area (Å²) in [7, 11) is 0. The molecule has 0 unspecified atom stereocenters. The molecule has 0 amide bonds. The van der Waals surface area contributed by atoms with Gasteiger partial charge in [-0.15, -0.1) is 0 Å². The summed E-state index contributed by atoms with van der Waals surface area (Å²) in [6.07, 6.45) is 6.72. The molecule has 0 N–H and O–H groups in total. The summed E-state index contributed by atoms with van der Waals surface area (Å²) in [5, 5.41) is 0. The van der Waals surface area contributed by atoms with Gasteiger partial charge in [0.05, 0.1) is 13.2 Å². The monoisotopic (exact) mass is 244 g/mol. The quantitative estimate of drug-likeness (QED) is 0.490. The Balaban J connectivity index is 2.18. The first-order valence-corrected chi connectivity index (χ1v) is 6.59. The minimum atomic E-state index is 0.693. The summed E-state index contributed by atoms with van der Waals surface area (Å²) in [5.74, 6) is 0. The van der Waals surface area contributed by atoms with E-state index in [9.17, 15) is 0 Å². The van der Waals surface area contributed by atoms with Gasteiger partial charge in [-0.3, -0.25) is 0 Å². The fourth-order valence-electron chi connectivity index (χ4n) is 1.64. The van der Waals surface area contributed by atoms with Crippen LogP contribution < -0.4 is 0 Å². The van der Waals surface area contributed by atoms with Gasteiger partial charge in [-0.1, -0.05) is 53.6 Å². The zero-order valence-corrected chi connectivity index (χ0v) is 11.8. The molecule has 0 aromatic heterocycles. The Morgan fingerprint density at radius 1 is 1.06 bits per heavy atom. The lowest BCUT2D eigenvalue weighted by Gasteiger charge is -2.03. The van der Waals surface area contributed by atoms with Crippen LogP contribution in [0.15, 0.2) is 53.6 Å². The van der Waals surface area contributed by atoms with Crippen LogP contribution in [-0.2, 0) is 11.3 Å². The van der Waals surface area contributed by atoms with Crippen LogP contribution in [0, 0.1) is 0 Å². The topological polar surface area (TPSA) is 9.23 Å². The normalized spacial score (nSPS) is 11.4. The first-order valence-electron chi connectivity index (χ1n) is 6.59. The Labute approximate surface area is 111 Å². The number of ether oxygens (including phenoxy) is 1. The van der Waals surface area contributed by atoms with Gasteiger partial charge in [0.25, 0.3) is 0 Å². The zero-order valence-electron chi connectivity index (χ0n) is 11.8. The SMILES string of the molecule is CC(C)=CCC/C(C)=C/COCc1ccccc1. The van der Waals surface area contributed by atoms with E-state index in [1.165, 1.54) is 16.7 Å². The Bertz CT molecular complexity index is 383. The molecule has 1 aromatic carbocycles. The first-order chi connectivity index (χ1) is 8.68. The maximum Gasteiger partial charge on any atom is 0.0721 e. The lowest BCUT2D eigenvalue weighted by molar-refractivity contribution is 0.148. The van der Waals surface area contributed by atoms with E-state index in [0.717, 1.165) is 12.8 Å². The summed E-state index contributed by atoms with van der Waals surface area (Å²) >= 11 is 0. The number of benzene rings is 1. The second kappa shape index (κ2) is 8.71. The molecule has 1 rings (SSSR count). The van der Waals surface area contributed by atoms with Gasteiger partial charge in [-0.2, -0.15) is 0 Å². The van der Waals surface area contributed by atoms with Crippen LogP contribution in [0.3, 0.4) is 0 Å². The van der Waals surface area contributed by atoms with Crippen molar-refractivity contribution in [2.45, 2.75) is 40.2 Å². The fraction of sp³-hybridized carbons (Fsp3) is 0.412. The standard InChI is InChI=1S/C17H24O/c1-15(2)8-7-9-16(3)12-13-18-14-17-10-5-4-6-11-17/h4-6,8,10-12H,7,9,13-14H2,1-3H3/b16-12+. The maximum absolute atomic E-state index is 5.63. The number of hydrogen-bond acceptors (Lipinski definition) is 1. The summed E-state index contributed by atoms with van der Waals surface area (Å²) in [5.41, 5.74) is 4.02. The van der Waals surface area contributed by atoms with E-state index in [1.54, 1.807) is 0 Å². The average Bonchev–Trinajstić information content (AvgIpc) is 2.35. The van der Waals surface area contributed by atoms with E-state index in [1.807, 2.05) is 18.2 Å². The van der Waals surface area contributed by atoms with E-state index in [-0.39, 0.29) is 0 Å². The molecule has 18 heavy (non-hydrogen) atoms. The molecule has 0 saturated carbocycles. The largest absolute Gasteiger partial charge is 0.373 e. The minimum Gasteiger partial charge on any atom is -0.373 e. The first kappa shape index (κ1) is 14.7. The highest BCUT2D eigenvalue weighted by Gasteiger charge is 1.91. The second-order valence-electron chi connectivity index (χ2n) is 4.87. The van der Waals surface area contributed by atoms with Crippen molar-refractivity contribution in [1.29, 1.82) is 0 Å². The van der Waals surface area contributed by atoms with Crippen LogP contribution >= 0.6 is 0 Å². The highest BCUT2D eigenvalue weighted by molar-refractivity contribution is 5.13. The van der Waals surface area contributed by atoms with E-state index < -0.39 is 0 Å². The smallest absolute Gasteiger partial charge is 0.0721 e. The molecule has 0 aliphatic rings. The number of allylic oxidation sites excluding steroid dienone is 3. The molecule has 0 fully saturated rings. The van der Waals surface area contributed by atoms with Gasteiger partial charge >= 0.3 is 0 Å². The van der Waals surface area contributed by atoms with Crippen molar-refractivity contribution >= 4 is 0 Å².